The number of hydrogen-bond donors (Lipinski definition) is 2. The molecule has 0 saturated heterocycles. The summed E-state index contributed by atoms with van der Waals surface area (Å²) in [7, 11) is 1.58. The first kappa shape index (κ1) is 18.2. The van der Waals surface area contributed by atoms with Gasteiger partial charge in [0.25, 0.3) is 5.91 Å². The molecule has 0 spiro atoms. The van der Waals surface area contributed by atoms with Crippen molar-refractivity contribution in [3.63, 3.8) is 0 Å². The van der Waals surface area contributed by atoms with Gasteiger partial charge in [-0.2, -0.15) is 10.2 Å². The predicted molar refractivity (Wildman–Crippen MR) is 103 cm³/mol. The van der Waals surface area contributed by atoms with Crippen LogP contribution in [0.2, 0.25) is 0 Å². The maximum absolute atomic E-state index is 12.3. The maximum atomic E-state index is 12.3. The van der Waals surface area contributed by atoms with E-state index >= 15 is 0 Å². The van der Waals surface area contributed by atoms with E-state index in [2.05, 4.69) is 20.7 Å². The molecule has 1 amide bonds. The number of nitrogens with zero attached hydrogens (tertiary/aromatic N) is 2. The fourth-order valence-electron chi connectivity index (χ4n) is 2.53. The van der Waals surface area contributed by atoms with Gasteiger partial charge in [0.2, 0.25) is 0 Å². The third-order valence-corrected chi connectivity index (χ3v) is 3.79. The fourth-order valence-corrected chi connectivity index (χ4v) is 2.53. The van der Waals surface area contributed by atoms with Crippen LogP contribution in [0.15, 0.2) is 59.7 Å². The Bertz CT molecular complexity index is 950. The number of amides is 1. The SMILES string of the molecule is CCOc1ccccc1-c1cc(C(=O)N/N=C/c2ccccc2OC)[nH]n1. The lowest BCUT2D eigenvalue weighted by molar-refractivity contribution is 0.0950. The predicted octanol–water partition coefficient (Wildman–Crippen LogP) is 3.25. The summed E-state index contributed by atoms with van der Waals surface area (Å²) in [6.45, 7) is 2.46. The van der Waals surface area contributed by atoms with E-state index in [1.54, 1.807) is 13.2 Å². The summed E-state index contributed by atoms with van der Waals surface area (Å²) in [4.78, 5) is 12.3. The molecule has 0 unspecified atom stereocenters. The number of methoxy groups -OCH3 is 1. The molecule has 0 aliphatic carbocycles. The van der Waals surface area contributed by atoms with Crippen molar-refractivity contribution in [1.29, 1.82) is 0 Å². The number of ether oxygens (including phenoxy) is 2. The number of nitrogens with one attached hydrogen (secondary N) is 2. The minimum absolute atomic E-state index is 0.300. The molecule has 3 rings (SSSR count). The highest BCUT2D eigenvalue weighted by Crippen LogP contribution is 2.28. The Morgan fingerprint density at radius 2 is 1.93 bits per heavy atom. The number of carbonyl (C=O) groups excluding carboxylic acids is 1. The monoisotopic (exact) mass is 364 g/mol. The van der Waals surface area contributed by atoms with Gasteiger partial charge in [0.05, 0.1) is 25.6 Å². The van der Waals surface area contributed by atoms with Crippen molar-refractivity contribution >= 4 is 12.1 Å². The van der Waals surface area contributed by atoms with Crippen LogP contribution in [-0.4, -0.2) is 36.0 Å². The molecule has 138 valence electrons. The Hall–Kier alpha value is -3.61. The second-order valence-electron chi connectivity index (χ2n) is 5.54. The third-order valence-electron chi connectivity index (χ3n) is 3.79. The van der Waals surface area contributed by atoms with Gasteiger partial charge in [-0.15, -0.1) is 0 Å². The lowest BCUT2D eigenvalue weighted by Crippen LogP contribution is -2.18. The Balaban J connectivity index is 1.71. The highest BCUT2D eigenvalue weighted by Gasteiger charge is 2.13. The molecule has 1 aromatic heterocycles. The van der Waals surface area contributed by atoms with Crippen molar-refractivity contribution in [2.75, 3.05) is 13.7 Å². The molecule has 0 radical (unpaired) electrons. The zero-order chi connectivity index (χ0) is 19.1. The largest absolute Gasteiger partial charge is 0.496 e. The van der Waals surface area contributed by atoms with Crippen LogP contribution in [0.25, 0.3) is 11.3 Å². The van der Waals surface area contributed by atoms with Crippen LogP contribution in [0, 0.1) is 0 Å². The second kappa shape index (κ2) is 8.66. The average Bonchev–Trinajstić information content (AvgIpc) is 3.19. The summed E-state index contributed by atoms with van der Waals surface area (Å²) < 4.78 is 10.8. The van der Waals surface area contributed by atoms with E-state index in [9.17, 15) is 4.79 Å². The van der Waals surface area contributed by atoms with Gasteiger partial charge in [-0.05, 0) is 37.3 Å². The molecule has 0 saturated carbocycles. The van der Waals surface area contributed by atoms with E-state index in [-0.39, 0.29) is 0 Å². The molecular weight excluding hydrogens is 344 g/mol. The Labute approximate surface area is 157 Å². The van der Waals surface area contributed by atoms with Crippen LogP contribution in [0.5, 0.6) is 11.5 Å². The topological polar surface area (TPSA) is 88.6 Å². The molecule has 0 aliphatic rings. The van der Waals surface area contributed by atoms with Crippen molar-refractivity contribution in [1.82, 2.24) is 15.6 Å². The summed E-state index contributed by atoms with van der Waals surface area (Å²) in [6.07, 6.45) is 1.53. The van der Waals surface area contributed by atoms with Crippen molar-refractivity contribution in [2.24, 2.45) is 5.10 Å². The van der Waals surface area contributed by atoms with Crippen molar-refractivity contribution in [3.05, 3.63) is 65.9 Å². The second-order valence-corrected chi connectivity index (χ2v) is 5.54. The minimum Gasteiger partial charge on any atom is -0.496 e. The summed E-state index contributed by atoms with van der Waals surface area (Å²) in [5, 5.41) is 10.9. The van der Waals surface area contributed by atoms with Crippen LogP contribution < -0.4 is 14.9 Å². The summed E-state index contributed by atoms with van der Waals surface area (Å²) in [5.74, 6) is 0.994. The number of para-hydroxylation sites is 2. The van der Waals surface area contributed by atoms with Gasteiger partial charge in [-0.1, -0.05) is 24.3 Å². The fraction of sp³-hybridized carbons (Fsp3) is 0.150. The van der Waals surface area contributed by atoms with Gasteiger partial charge < -0.3 is 9.47 Å². The highest BCUT2D eigenvalue weighted by molar-refractivity contribution is 5.94. The first-order chi connectivity index (χ1) is 13.2. The third kappa shape index (κ3) is 4.33. The molecule has 0 fully saturated rings. The number of aromatic nitrogens is 2. The number of H-pyrrole nitrogens is 1. The van der Waals surface area contributed by atoms with E-state index < -0.39 is 5.91 Å². The van der Waals surface area contributed by atoms with Crippen molar-refractivity contribution < 1.29 is 14.3 Å². The molecule has 2 N–H and O–H groups in total. The van der Waals surface area contributed by atoms with Crippen LogP contribution in [0.3, 0.4) is 0 Å². The van der Waals surface area contributed by atoms with Gasteiger partial charge in [0.1, 0.15) is 17.2 Å². The van der Waals surface area contributed by atoms with Crippen molar-refractivity contribution in [3.8, 4) is 22.8 Å². The Morgan fingerprint density at radius 1 is 1.19 bits per heavy atom. The van der Waals surface area contributed by atoms with Gasteiger partial charge >= 0.3 is 0 Å². The summed E-state index contributed by atoms with van der Waals surface area (Å²) in [5.41, 5.74) is 4.97. The maximum Gasteiger partial charge on any atom is 0.289 e. The lowest BCUT2D eigenvalue weighted by Gasteiger charge is -2.07. The zero-order valence-electron chi connectivity index (χ0n) is 15.1. The Morgan fingerprint density at radius 3 is 2.70 bits per heavy atom. The number of hydrazone groups is 1. The number of rotatable bonds is 7. The first-order valence-electron chi connectivity index (χ1n) is 8.47. The summed E-state index contributed by atoms with van der Waals surface area (Å²) >= 11 is 0. The van der Waals surface area contributed by atoms with Crippen LogP contribution in [0.1, 0.15) is 23.0 Å². The molecule has 0 aliphatic heterocycles. The van der Waals surface area contributed by atoms with Crippen LogP contribution >= 0.6 is 0 Å². The van der Waals surface area contributed by atoms with E-state index in [4.69, 9.17) is 9.47 Å². The highest BCUT2D eigenvalue weighted by atomic mass is 16.5. The first-order valence-corrected chi connectivity index (χ1v) is 8.47. The average molecular weight is 364 g/mol. The minimum atomic E-state index is -0.395. The number of carbonyl (C=O) groups is 1. The Kier molecular flexibility index (Phi) is 5.84. The quantitative estimate of drug-likeness (QED) is 0.497. The number of benzene rings is 2. The number of hydrogen-bond acceptors (Lipinski definition) is 5. The molecule has 7 nitrogen and oxygen atoms in total. The van der Waals surface area contributed by atoms with E-state index in [0.717, 1.165) is 11.1 Å². The van der Waals surface area contributed by atoms with Gasteiger partial charge in [-0.3, -0.25) is 9.89 Å². The molecular formula is C20H20N4O3. The van der Waals surface area contributed by atoms with Gasteiger partial charge in [0, 0.05) is 11.1 Å². The zero-order valence-corrected chi connectivity index (χ0v) is 15.1. The van der Waals surface area contributed by atoms with Gasteiger partial charge in [0.15, 0.2) is 0 Å². The molecule has 1 heterocycles. The molecule has 0 atom stereocenters. The number of aromatic amines is 1. The smallest absolute Gasteiger partial charge is 0.289 e. The standard InChI is InChI=1S/C20H20N4O3/c1-3-27-19-11-7-5-9-15(19)16-12-17(23-22-16)20(25)24-21-13-14-8-4-6-10-18(14)26-2/h4-13H,3H2,1-2H3,(H,22,23)(H,24,25)/b21-13+. The molecule has 2 aromatic carbocycles. The normalized spacial score (nSPS) is 10.7. The van der Waals surface area contributed by atoms with E-state index in [1.165, 1.54) is 6.21 Å². The molecule has 27 heavy (non-hydrogen) atoms. The van der Waals surface area contributed by atoms with E-state index in [0.29, 0.717) is 29.5 Å². The molecule has 3 aromatic rings. The van der Waals surface area contributed by atoms with E-state index in [1.807, 2.05) is 55.5 Å². The van der Waals surface area contributed by atoms with Crippen LogP contribution in [-0.2, 0) is 0 Å². The summed E-state index contributed by atoms with van der Waals surface area (Å²) in [6, 6.07) is 16.6. The molecule has 0 bridgehead atoms. The molecule has 7 heteroatoms. The lowest BCUT2D eigenvalue weighted by atomic mass is 10.1. The van der Waals surface area contributed by atoms with Crippen LogP contribution in [0.4, 0.5) is 0 Å². The van der Waals surface area contributed by atoms with Crippen molar-refractivity contribution in [2.45, 2.75) is 6.92 Å². The van der Waals surface area contributed by atoms with Gasteiger partial charge in [-0.25, -0.2) is 5.43 Å².